The Balaban J connectivity index is 1.45. The number of hydrogen-bond donors (Lipinski definition) is 0. The first-order chi connectivity index (χ1) is 13.4. The molecule has 28 heavy (non-hydrogen) atoms. The maximum atomic E-state index is 11.7. The number of esters is 1. The molecule has 1 aliphatic heterocycles. The Bertz CT molecular complexity index is 805. The quantitative estimate of drug-likeness (QED) is 0.523. The number of benzene rings is 1. The van der Waals surface area contributed by atoms with Crippen molar-refractivity contribution in [2.24, 2.45) is 5.92 Å². The normalized spacial score (nSPS) is 22.2. The second kappa shape index (κ2) is 8.88. The summed E-state index contributed by atoms with van der Waals surface area (Å²) in [5, 5.41) is 0. The van der Waals surface area contributed by atoms with E-state index in [0.717, 1.165) is 42.7 Å². The molecule has 0 saturated carbocycles. The predicted molar refractivity (Wildman–Crippen MR) is 105 cm³/mol. The lowest BCUT2D eigenvalue weighted by molar-refractivity contribution is -0.272. The third-order valence-electron chi connectivity index (χ3n) is 5.18. The van der Waals surface area contributed by atoms with Gasteiger partial charge in [0.15, 0.2) is 0 Å². The average molecular weight is 387 g/mol. The van der Waals surface area contributed by atoms with Gasteiger partial charge in [0.25, 0.3) is 5.79 Å². The van der Waals surface area contributed by atoms with Crippen LogP contribution in [0.25, 0.3) is 11.5 Å². The molecule has 0 N–H and O–H groups in total. The SMILES string of the molecule is COC(=O)C1(C)OCC(CCCCc2nc(-c3cccc(C)c3)oc2C)CO1. The Morgan fingerprint density at radius 1 is 1.25 bits per heavy atom. The van der Waals surface area contributed by atoms with Gasteiger partial charge in [-0.15, -0.1) is 0 Å². The van der Waals surface area contributed by atoms with Gasteiger partial charge < -0.3 is 18.6 Å². The highest BCUT2D eigenvalue weighted by molar-refractivity contribution is 5.77. The van der Waals surface area contributed by atoms with Gasteiger partial charge in [-0.25, -0.2) is 9.78 Å². The van der Waals surface area contributed by atoms with Gasteiger partial charge in [-0.1, -0.05) is 24.1 Å². The lowest BCUT2D eigenvalue weighted by atomic mass is 10.0. The Labute approximate surface area is 166 Å². The van der Waals surface area contributed by atoms with Gasteiger partial charge in [-0.05, 0) is 45.2 Å². The molecule has 0 atom stereocenters. The fraction of sp³-hybridized carbons (Fsp3) is 0.545. The molecule has 1 aromatic carbocycles. The van der Waals surface area contributed by atoms with Crippen molar-refractivity contribution in [3.05, 3.63) is 41.3 Å². The van der Waals surface area contributed by atoms with Crippen molar-refractivity contribution in [2.75, 3.05) is 20.3 Å². The van der Waals surface area contributed by atoms with Crippen molar-refractivity contribution in [2.45, 2.75) is 52.2 Å². The summed E-state index contributed by atoms with van der Waals surface area (Å²) in [6, 6.07) is 8.18. The van der Waals surface area contributed by atoms with Crippen molar-refractivity contribution < 1.29 is 23.4 Å². The molecule has 1 aromatic heterocycles. The third-order valence-corrected chi connectivity index (χ3v) is 5.18. The second-order valence-electron chi connectivity index (χ2n) is 7.56. The van der Waals surface area contributed by atoms with Gasteiger partial charge in [-0.3, -0.25) is 0 Å². The Hall–Kier alpha value is -2.18. The zero-order chi connectivity index (χ0) is 20.1. The van der Waals surface area contributed by atoms with Crippen molar-refractivity contribution in [3.63, 3.8) is 0 Å². The van der Waals surface area contributed by atoms with Crippen LogP contribution in [0.4, 0.5) is 0 Å². The second-order valence-corrected chi connectivity index (χ2v) is 7.56. The highest BCUT2D eigenvalue weighted by Crippen LogP contribution is 2.27. The lowest BCUT2D eigenvalue weighted by Crippen LogP contribution is -2.48. The summed E-state index contributed by atoms with van der Waals surface area (Å²) in [7, 11) is 1.34. The maximum Gasteiger partial charge on any atom is 0.366 e. The van der Waals surface area contributed by atoms with E-state index in [1.54, 1.807) is 6.92 Å². The summed E-state index contributed by atoms with van der Waals surface area (Å²) in [5.74, 6) is 0.104. The van der Waals surface area contributed by atoms with Crippen LogP contribution in [0.1, 0.15) is 43.2 Å². The highest BCUT2D eigenvalue weighted by atomic mass is 16.7. The Morgan fingerprint density at radius 3 is 2.68 bits per heavy atom. The van der Waals surface area contributed by atoms with E-state index in [2.05, 4.69) is 24.0 Å². The first-order valence-corrected chi connectivity index (χ1v) is 9.81. The largest absolute Gasteiger partial charge is 0.465 e. The molecule has 6 nitrogen and oxygen atoms in total. The number of ether oxygens (including phenoxy) is 3. The van der Waals surface area contributed by atoms with Crippen LogP contribution >= 0.6 is 0 Å². The summed E-state index contributed by atoms with van der Waals surface area (Å²) in [5.41, 5.74) is 3.22. The van der Waals surface area contributed by atoms with E-state index in [9.17, 15) is 4.79 Å². The number of aromatic nitrogens is 1. The van der Waals surface area contributed by atoms with E-state index >= 15 is 0 Å². The fourth-order valence-corrected chi connectivity index (χ4v) is 3.40. The Morgan fingerprint density at radius 2 is 2.00 bits per heavy atom. The zero-order valence-corrected chi connectivity index (χ0v) is 17.1. The van der Waals surface area contributed by atoms with Crippen LogP contribution in [0.15, 0.2) is 28.7 Å². The van der Waals surface area contributed by atoms with Gasteiger partial charge in [-0.2, -0.15) is 0 Å². The lowest BCUT2D eigenvalue weighted by Gasteiger charge is -2.35. The first-order valence-electron chi connectivity index (χ1n) is 9.81. The van der Waals surface area contributed by atoms with Crippen LogP contribution in [0, 0.1) is 19.8 Å². The van der Waals surface area contributed by atoms with E-state index in [4.69, 9.17) is 18.6 Å². The number of hydrogen-bond acceptors (Lipinski definition) is 6. The van der Waals surface area contributed by atoms with Crippen LogP contribution in [0.3, 0.4) is 0 Å². The van der Waals surface area contributed by atoms with Crippen molar-refractivity contribution in [1.29, 1.82) is 0 Å². The van der Waals surface area contributed by atoms with Crippen molar-refractivity contribution in [1.82, 2.24) is 4.98 Å². The molecule has 3 rings (SSSR count). The molecule has 1 fully saturated rings. The van der Waals surface area contributed by atoms with Gasteiger partial charge >= 0.3 is 5.97 Å². The number of unbranched alkanes of at least 4 members (excludes halogenated alkanes) is 1. The van der Waals surface area contributed by atoms with Crippen molar-refractivity contribution >= 4 is 5.97 Å². The number of rotatable bonds is 7. The van der Waals surface area contributed by atoms with Gasteiger partial charge in [0, 0.05) is 18.4 Å². The number of carbonyl (C=O) groups is 1. The van der Waals surface area contributed by atoms with E-state index in [1.807, 2.05) is 19.1 Å². The molecule has 2 aromatic rings. The maximum absolute atomic E-state index is 11.7. The minimum atomic E-state index is -1.27. The summed E-state index contributed by atoms with van der Waals surface area (Å²) < 4.78 is 21.8. The standard InChI is InChI=1S/C22H29NO5/c1-15-8-7-10-18(12-15)20-23-19(16(2)28-20)11-6-5-9-17-13-26-22(3,27-14-17)21(24)25-4/h7-8,10,12,17H,5-6,9,11,13-14H2,1-4H3. The third kappa shape index (κ3) is 4.80. The molecule has 0 amide bonds. The van der Waals surface area contributed by atoms with Gasteiger partial charge in [0.2, 0.25) is 5.89 Å². The average Bonchev–Trinajstić information content (AvgIpc) is 3.07. The van der Waals surface area contributed by atoms with Crippen LogP contribution in [0.2, 0.25) is 0 Å². The first kappa shape index (κ1) is 20.6. The smallest absolute Gasteiger partial charge is 0.366 e. The fourth-order valence-electron chi connectivity index (χ4n) is 3.40. The Kier molecular flexibility index (Phi) is 6.52. The zero-order valence-electron chi connectivity index (χ0n) is 17.1. The van der Waals surface area contributed by atoms with Gasteiger partial charge in [0.1, 0.15) is 5.76 Å². The van der Waals surface area contributed by atoms with Crippen LogP contribution in [-0.4, -0.2) is 37.1 Å². The molecule has 0 unspecified atom stereocenters. The van der Waals surface area contributed by atoms with Crippen LogP contribution in [-0.2, 0) is 25.4 Å². The summed E-state index contributed by atoms with van der Waals surface area (Å²) in [6.45, 7) is 6.65. The summed E-state index contributed by atoms with van der Waals surface area (Å²) in [6.07, 6.45) is 3.93. The van der Waals surface area contributed by atoms with E-state index < -0.39 is 11.8 Å². The minimum Gasteiger partial charge on any atom is -0.465 e. The van der Waals surface area contributed by atoms with Crippen LogP contribution in [0.5, 0.6) is 0 Å². The number of oxazole rings is 1. The monoisotopic (exact) mass is 387 g/mol. The minimum absolute atomic E-state index is 0.291. The number of aryl methyl sites for hydroxylation is 3. The number of nitrogens with zero attached hydrogens (tertiary/aromatic N) is 1. The predicted octanol–water partition coefficient (Wildman–Crippen LogP) is 4.22. The van der Waals surface area contributed by atoms with E-state index in [-0.39, 0.29) is 0 Å². The molecule has 0 radical (unpaired) electrons. The molecule has 2 heterocycles. The molecule has 0 aliphatic carbocycles. The molecular weight excluding hydrogens is 358 g/mol. The van der Waals surface area contributed by atoms with Gasteiger partial charge in [0.05, 0.1) is 26.0 Å². The molecule has 6 heteroatoms. The number of methoxy groups -OCH3 is 1. The van der Waals surface area contributed by atoms with E-state index in [0.29, 0.717) is 25.0 Å². The number of carbonyl (C=O) groups excluding carboxylic acids is 1. The molecular formula is C22H29NO5. The summed E-state index contributed by atoms with van der Waals surface area (Å²) in [4.78, 5) is 16.4. The van der Waals surface area contributed by atoms with Crippen molar-refractivity contribution in [3.8, 4) is 11.5 Å². The molecule has 1 saturated heterocycles. The molecule has 1 aliphatic rings. The molecule has 152 valence electrons. The highest BCUT2D eigenvalue weighted by Gasteiger charge is 2.41. The summed E-state index contributed by atoms with van der Waals surface area (Å²) >= 11 is 0. The molecule has 0 bridgehead atoms. The molecule has 0 spiro atoms. The van der Waals surface area contributed by atoms with E-state index in [1.165, 1.54) is 12.7 Å². The topological polar surface area (TPSA) is 70.8 Å². The van der Waals surface area contributed by atoms with Crippen LogP contribution < -0.4 is 0 Å².